The molecule has 1 unspecified atom stereocenters. The molecule has 0 aliphatic rings. The molecule has 0 nitrogen and oxygen atoms in total. The highest BCUT2D eigenvalue weighted by molar-refractivity contribution is 7.95. The monoisotopic (exact) mass is 325 g/mol. The van der Waals surface area contributed by atoms with Gasteiger partial charge in [-0.2, -0.15) is 0 Å². The van der Waals surface area contributed by atoms with Gasteiger partial charge in [-0.05, 0) is 35.9 Å². The second-order valence-electron chi connectivity index (χ2n) is 6.44. The SMILES string of the molecule is CCCCCCCCCCCC[S+](C)Cc1cccc(F)c1. The predicted molar refractivity (Wildman–Crippen MR) is 100 cm³/mol. The van der Waals surface area contributed by atoms with Crippen molar-refractivity contribution in [3.05, 3.63) is 35.6 Å². The summed E-state index contributed by atoms with van der Waals surface area (Å²) in [6.07, 6.45) is 16.3. The molecule has 1 rings (SSSR count). The first kappa shape index (κ1) is 19.5. The molecule has 0 aromatic heterocycles. The van der Waals surface area contributed by atoms with E-state index in [0.717, 1.165) is 11.3 Å². The molecule has 1 atom stereocenters. The van der Waals surface area contributed by atoms with Gasteiger partial charge in [0.15, 0.2) is 0 Å². The van der Waals surface area contributed by atoms with Gasteiger partial charge in [-0.25, -0.2) is 4.39 Å². The molecule has 2 heteroatoms. The first-order valence-corrected chi connectivity index (χ1v) is 11.0. The van der Waals surface area contributed by atoms with Gasteiger partial charge in [0, 0.05) is 5.56 Å². The summed E-state index contributed by atoms with van der Waals surface area (Å²) in [5, 5.41) is 0. The summed E-state index contributed by atoms with van der Waals surface area (Å²) in [5.74, 6) is 2.23. The average Bonchev–Trinajstić information content (AvgIpc) is 2.49. The minimum absolute atomic E-state index is 0.103. The predicted octanol–water partition coefficient (Wildman–Crippen LogP) is 6.49. The van der Waals surface area contributed by atoms with E-state index in [1.807, 2.05) is 12.1 Å². The summed E-state index contributed by atoms with van der Waals surface area (Å²) in [5.41, 5.74) is 1.15. The normalized spacial score (nSPS) is 12.5. The van der Waals surface area contributed by atoms with E-state index in [-0.39, 0.29) is 5.82 Å². The molecule has 0 heterocycles. The van der Waals surface area contributed by atoms with E-state index in [1.54, 1.807) is 6.07 Å². The van der Waals surface area contributed by atoms with Crippen molar-refractivity contribution in [1.82, 2.24) is 0 Å². The Morgan fingerprint density at radius 3 is 2.05 bits per heavy atom. The molecule has 0 radical (unpaired) electrons. The molecule has 0 aliphatic carbocycles. The summed E-state index contributed by atoms with van der Waals surface area (Å²) in [6.45, 7) is 2.27. The number of halogens is 1. The number of hydrogen-bond acceptors (Lipinski definition) is 0. The molecule has 0 amide bonds. The minimum Gasteiger partial charge on any atom is -0.207 e. The molecule has 0 spiro atoms. The van der Waals surface area contributed by atoms with Gasteiger partial charge in [0.2, 0.25) is 0 Å². The quantitative estimate of drug-likeness (QED) is 0.287. The van der Waals surface area contributed by atoms with E-state index in [1.165, 1.54) is 76.0 Å². The maximum absolute atomic E-state index is 13.1. The molecule has 126 valence electrons. The second kappa shape index (κ2) is 13.0. The first-order chi connectivity index (χ1) is 10.7. The molecule has 22 heavy (non-hydrogen) atoms. The topological polar surface area (TPSA) is 0 Å². The lowest BCUT2D eigenvalue weighted by molar-refractivity contribution is 0.563. The van der Waals surface area contributed by atoms with Crippen LogP contribution in [0.5, 0.6) is 0 Å². The van der Waals surface area contributed by atoms with Gasteiger partial charge in [-0.1, -0.05) is 70.4 Å². The Morgan fingerprint density at radius 2 is 1.45 bits per heavy atom. The number of benzene rings is 1. The third kappa shape index (κ3) is 10.3. The Labute approximate surface area is 140 Å². The van der Waals surface area contributed by atoms with Gasteiger partial charge in [0.05, 0.1) is 6.26 Å². The first-order valence-electron chi connectivity index (χ1n) is 9.06. The van der Waals surface area contributed by atoms with Gasteiger partial charge in [0.1, 0.15) is 17.3 Å². The fourth-order valence-corrected chi connectivity index (χ4v) is 4.41. The van der Waals surface area contributed by atoms with Gasteiger partial charge in [0.25, 0.3) is 0 Å². The summed E-state index contributed by atoms with van der Waals surface area (Å²) in [4.78, 5) is 0. The molecule has 0 N–H and O–H groups in total. The smallest absolute Gasteiger partial charge is 0.133 e. The fourth-order valence-electron chi connectivity index (χ4n) is 2.82. The highest BCUT2D eigenvalue weighted by Crippen LogP contribution is 2.13. The van der Waals surface area contributed by atoms with Crippen LogP contribution in [0.1, 0.15) is 76.7 Å². The molecule has 0 bridgehead atoms. The Bertz CT molecular complexity index is 378. The summed E-state index contributed by atoms with van der Waals surface area (Å²) >= 11 is 0. The lowest BCUT2D eigenvalue weighted by Crippen LogP contribution is -2.08. The van der Waals surface area contributed by atoms with Crippen LogP contribution in [0.2, 0.25) is 0 Å². The number of rotatable bonds is 13. The largest absolute Gasteiger partial charge is 0.207 e. The molecule has 0 fully saturated rings. The Morgan fingerprint density at radius 1 is 0.864 bits per heavy atom. The van der Waals surface area contributed by atoms with Crippen LogP contribution < -0.4 is 0 Å². The molecule has 0 saturated heterocycles. The van der Waals surface area contributed by atoms with Crippen molar-refractivity contribution in [2.24, 2.45) is 0 Å². The highest BCUT2D eigenvalue weighted by atomic mass is 32.2. The zero-order valence-corrected chi connectivity index (χ0v) is 15.4. The molecular weight excluding hydrogens is 291 g/mol. The molecule has 1 aromatic carbocycles. The van der Waals surface area contributed by atoms with Crippen molar-refractivity contribution in [2.75, 3.05) is 12.0 Å². The Balaban J connectivity index is 1.94. The van der Waals surface area contributed by atoms with Crippen molar-refractivity contribution in [3.63, 3.8) is 0 Å². The number of unbranched alkanes of at least 4 members (excludes halogenated alkanes) is 9. The van der Waals surface area contributed by atoms with E-state index in [0.29, 0.717) is 10.9 Å². The standard InChI is InChI=1S/C20H34FS/c1-3-4-5-6-7-8-9-10-11-12-16-22(2)18-19-14-13-15-20(21)17-19/h13-15,17H,3-12,16,18H2,1-2H3/q+1. The van der Waals surface area contributed by atoms with E-state index in [9.17, 15) is 4.39 Å². The third-order valence-electron chi connectivity index (χ3n) is 4.15. The van der Waals surface area contributed by atoms with Gasteiger partial charge in [-0.3, -0.25) is 0 Å². The Kier molecular flexibility index (Phi) is 11.5. The van der Waals surface area contributed by atoms with E-state index < -0.39 is 0 Å². The van der Waals surface area contributed by atoms with Gasteiger partial charge >= 0.3 is 0 Å². The zero-order valence-electron chi connectivity index (χ0n) is 14.6. The van der Waals surface area contributed by atoms with Crippen molar-refractivity contribution in [1.29, 1.82) is 0 Å². The van der Waals surface area contributed by atoms with Crippen LogP contribution in [-0.2, 0) is 16.6 Å². The van der Waals surface area contributed by atoms with Crippen LogP contribution in [0, 0.1) is 5.82 Å². The molecular formula is C20H34FS+. The third-order valence-corrected chi connectivity index (χ3v) is 5.96. The molecule has 1 aromatic rings. The minimum atomic E-state index is -0.103. The van der Waals surface area contributed by atoms with E-state index in [4.69, 9.17) is 0 Å². The molecule has 0 aliphatic heterocycles. The van der Waals surface area contributed by atoms with Crippen LogP contribution in [-0.4, -0.2) is 12.0 Å². The lowest BCUT2D eigenvalue weighted by Gasteiger charge is -2.05. The molecule has 0 saturated carbocycles. The number of hydrogen-bond donors (Lipinski definition) is 0. The van der Waals surface area contributed by atoms with Crippen LogP contribution >= 0.6 is 0 Å². The maximum atomic E-state index is 13.1. The fraction of sp³-hybridized carbons (Fsp3) is 0.700. The van der Waals surface area contributed by atoms with Crippen molar-refractivity contribution < 1.29 is 4.39 Å². The van der Waals surface area contributed by atoms with E-state index in [2.05, 4.69) is 13.2 Å². The lowest BCUT2D eigenvalue weighted by atomic mass is 10.1. The van der Waals surface area contributed by atoms with Gasteiger partial charge in [-0.15, -0.1) is 0 Å². The maximum Gasteiger partial charge on any atom is 0.133 e. The van der Waals surface area contributed by atoms with Crippen LogP contribution in [0.25, 0.3) is 0 Å². The van der Waals surface area contributed by atoms with Crippen LogP contribution in [0.4, 0.5) is 4.39 Å². The van der Waals surface area contributed by atoms with Crippen LogP contribution in [0.3, 0.4) is 0 Å². The summed E-state index contributed by atoms with van der Waals surface area (Å²) in [6, 6.07) is 7.08. The summed E-state index contributed by atoms with van der Waals surface area (Å²) in [7, 11) is 0.391. The zero-order chi connectivity index (χ0) is 16.0. The average molecular weight is 326 g/mol. The summed E-state index contributed by atoms with van der Waals surface area (Å²) < 4.78 is 13.1. The van der Waals surface area contributed by atoms with Crippen LogP contribution in [0.15, 0.2) is 24.3 Å². The van der Waals surface area contributed by atoms with Gasteiger partial charge < -0.3 is 0 Å². The van der Waals surface area contributed by atoms with Crippen molar-refractivity contribution >= 4 is 10.9 Å². The van der Waals surface area contributed by atoms with Crippen molar-refractivity contribution in [2.45, 2.75) is 76.9 Å². The van der Waals surface area contributed by atoms with E-state index >= 15 is 0 Å². The van der Waals surface area contributed by atoms with Crippen molar-refractivity contribution in [3.8, 4) is 0 Å². The Hall–Kier alpha value is -0.500. The second-order valence-corrected chi connectivity index (χ2v) is 8.70. The highest BCUT2D eigenvalue weighted by Gasteiger charge is 2.11.